The minimum atomic E-state index is 0.121. The van der Waals surface area contributed by atoms with Crippen molar-refractivity contribution in [2.24, 2.45) is 11.3 Å². The molecule has 3 nitrogen and oxygen atoms in total. The van der Waals surface area contributed by atoms with Crippen LogP contribution in [0.4, 0.5) is 0 Å². The molecule has 2 fully saturated rings. The molecule has 1 aliphatic heterocycles. The first-order chi connectivity index (χ1) is 10.7. The first-order valence-electron chi connectivity index (χ1n) is 7.98. The highest BCUT2D eigenvalue weighted by Gasteiger charge is 2.59. The Morgan fingerprint density at radius 2 is 2.23 bits per heavy atom. The second kappa shape index (κ2) is 5.20. The van der Waals surface area contributed by atoms with Gasteiger partial charge in [-0.15, -0.1) is 11.3 Å². The molecule has 0 radical (unpaired) electrons. The molecule has 0 spiro atoms. The zero-order chi connectivity index (χ0) is 15.2. The fourth-order valence-electron chi connectivity index (χ4n) is 3.72. The highest BCUT2D eigenvalue weighted by Crippen LogP contribution is 2.59. The van der Waals surface area contributed by atoms with Crippen LogP contribution in [-0.2, 0) is 6.42 Å². The lowest BCUT2D eigenvalue weighted by Gasteiger charge is -2.19. The maximum Gasteiger partial charge on any atom is 0.273 e. The molecule has 2 heterocycles. The van der Waals surface area contributed by atoms with Crippen molar-refractivity contribution in [3.05, 3.63) is 52.0 Å². The standard InChI is InChI=1S/C18H20N2OS/c1-2-18-9-14(18)10-20(12-18)17(21)15-11-22-16(19-15)8-13-6-4-3-5-7-13/h3-7,11,14H,2,8-10,12H2,1H3. The van der Waals surface area contributed by atoms with Gasteiger partial charge >= 0.3 is 0 Å². The Balaban J connectivity index is 1.44. The Hall–Kier alpha value is -1.68. The lowest BCUT2D eigenvalue weighted by atomic mass is 10.0. The van der Waals surface area contributed by atoms with E-state index in [0.717, 1.165) is 30.4 Å². The van der Waals surface area contributed by atoms with E-state index in [0.29, 0.717) is 11.1 Å². The summed E-state index contributed by atoms with van der Waals surface area (Å²) in [5.41, 5.74) is 2.31. The number of hydrogen-bond donors (Lipinski definition) is 0. The molecule has 0 N–H and O–H groups in total. The van der Waals surface area contributed by atoms with Crippen LogP contribution in [0.15, 0.2) is 35.7 Å². The predicted molar refractivity (Wildman–Crippen MR) is 88.1 cm³/mol. The van der Waals surface area contributed by atoms with Crippen LogP contribution in [0, 0.1) is 11.3 Å². The van der Waals surface area contributed by atoms with Gasteiger partial charge in [0.15, 0.2) is 0 Å². The van der Waals surface area contributed by atoms with Crippen molar-refractivity contribution in [2.45, 2.75) is 26.2 Å². The average molecular weight is 312 g/mol. The second-order valence-electron chi connectivity index (χ2n) is 6.59. The summed E-state index contributed by atoms with van der Waals surface area (Å²) >= 11 is 1.59. The van der Waals surface area contributed by atoms with E-state index in [1.165, 1.54) is 18.4 Å². The monoisotopic (exact) mass is 312 g/mol. The van der Waals surface area contributed by atoms with Gasteiger partial charge in [0.05, 0.1) is 5.01 Å². The minimum Gasteiger partial charge on any atom is -0.336 e. The first-order valence-corrected chi connectivity index (χ1v) is 8.86. The Morgan fingerprint density at radius 1 is 1.41 bits per heavy atom. The normalized spacial score (nSPS) is 26.0. The summed E-state index contributed by atoms with van der Waals surface area (Å²) in [6, 6.07) is 10.3. The third-order valence-corrected chi connectivity index (χ3v) is 6.11. The number of nitrogens with zero attached hydrogens (tertiary/aromatic N) is 2. The van der Waals surface area contributed by atoms with Crippen LogP contribution in [0.1, 0.15) is 40.8 Å². The second-order valence-corrected chi connectivity index (χ2v) is 7.53. The van der Waals surface area contributed by atoms with Gasteiger partial charge in [0.25, 0.3) is 5.91 Å². The van der Waals surface area contributed by atoms with Crippen LogP contribution in [0.3, 0.4) is 0 Å². The van der Waals surface area contributed by atoms with Gasteiger partial charge in [-0.3, -0.25) is 4.79 Å². The summed E-state index contributed by atoms with van der Waals surface area (Å²) in [7, 11) is 0. The van der Waals surface area contributed by atoms with E-state index in [1.54, 1.807) is 11.3 Å². The molecule has 1 amide bonds. The molecule has 1 aromatic carbocycles. The van der Waals surface area contributed by atoms with E-state index in [4.69, 9.17) is 0 Å². The van der Waals surface area contributed by atoms with Crippen LogP contribution in [0.5, 0.6) is 0 Å². The number of carbonyl (C=O) groups excluding carboxylic acids is 1. The van der Waals surface area contributed by atoms with Gasteiger partial charge in [0.1, 0.15) is 5.69 Å². The largest absolute Gasteiger partial charge is 0.336 e. The quantitative estimate of drug-likeness (QED) is 0.864. The number of rotatable bonds is 4. The fourth-order valence-corrected chi connectivity index (χ4v) is 4.52. The molecule has 2 aliphatic rings. The summed E-state index contributed by atoms with van der Waals surface area (Å²) in [6.45, 7) is 4.10. The molecule has 2 unspecified atom stereocenters. The Bertz CT molecular complexity index is 692. The van der Waals surface area contributed by atoms with E-state index in [2.05, 4.69) is 24.0 Å². The van der Waals surface area contributed by atoms with Crippen molar-refractivity contribution in [1.29, 1.82) is 0 Å². The van der Waals surface area contributed by atoms with E-state index >= 15 is 0 Å². The van der Waals surface area contributed by atoms with Crippen LogP contribution in [0.25, 0.3) is 0 Å². The maximum absolute atomic E-state index is 12.6. The fraction of sp³-hybridized carbons (Fsp3) is 0.444. The molecule has 1 aliphatic carbocycles. The molecule has 2 aromatic rings. The third-order valence-electron chi connectivity index (χ3n) is 5.27. The zero-order valence-corrected chi connectivity index (χ0v) is 13.6. The summed E-state index contributed by atoms with van der Waals surface area (Å²) in [4.78, 5) is 19.2. The Labute approximate surface area is 135 Å². The van der Waals surface area contributed by atoms with Crippen LogP contribution in [-0.4, -0.2) is 28.9 Å². The van der Waals surface area contributed by atoms with Crippen molar-refractivity contribution in [2.75, 3.05) is 13.1 Å². The Morgan fingerprint density at radius 3 is 2.95 bits per heavy atom. The first kappa shape index (κ1) is 13.9. The number of thiazole rings is 1. The minimum absolute atomic E-state index is 0.121. The molecule has 4 rings (SSSR count). The van der Waals surface area contributed by atoms with E-state index in [9.17, 15) is 4.79 Å². The van der Waals surface area contributed by atoms with E-state index < -0.39 is 0 Å². The molecule has 1 aromatic heterocycles. The average Bonchev–Trinajstić information content (AvgIpc) is 2.89. The van der Waals surface area contributed by atoms with E-state index in [1.807, 2.05) is 28.5 Å². The van der Waals surface area contributed by atoms with Gasteiger partial charge in [-0.25, -0.2) is 4.98 Å². The number of fused-ring (bicyclic) bond motifs is 1. The van der Waals surface area contributed by atoms with Crippen molar-refractivity contribution in [3.8, 4) is 0 Å². The number of carbonyl (C=O) groups is 1. The number of aromatic nitrogens is 1. The predicted octanol–water partition coefficient (Wildman–Crippen LogP) is 3.61. The van der Waals surface area contributed by atoms with Gasteiger partial charge in [0.2, 0.25) is 0 Å². The number of likely N-dealkylation sites (tertiary alicyclic amines) is 1. The lowest BCUT2D eigenvalue weighted by Crippen LogP contribution is -2.32. The van der Waals surface area contributed by atoms with Crippen LogP contribution in [0.2, 0.25) is 0 Å². The third kappa shape index (κ3) is 2.35. The van der Waals surface area contributed by atoms with Crippen LogP contribution < -0.4 is 0 Å². The van der Waals surface area contributed by atoms with Crippen molar-refractivity contribution in [3.63, 3.8) is 0 Å². The topological polar surface area (TPSA) is 33.2 Å². The molecule has 1 saturated heterocycles. The Kier molecular flexibility index (Phi) is 3.30. The van der Waals surface area contributed by atoms with Crippen molar-refractivity contribution >= 4 is 17.2 Å². The van der Waals surface area contributed by atoms with Crippen molar-refractivity contribution < 1.29 is 4.79 Å². The SMILES string of the molecule is CCC12CC1CN(C(=O)c1csc(Cc3ccccc3)n1)C2. The van der Waals surface area contributed by atoms with Gasteiger partial charge in [-0.05, 0) is 29.7 Å². The maximum atomic E-state index is 12.6. The highest BCUT2D eigenvalue weighted by molar-refractivity contribution is 7.09. The zero-order valence-electron chi connectivity index (χ0n) is 12.8. The molecule has 0 bridgehead atoms. The number of amides is 1. The molecule has 4 heteroatoms. The molecule has 114 valence electrons. The summed E-state index contributed by atoms with van der Waals surface area (Å²) < 4.78 is 0. The summed E-state index contributed by atoms with van der Waals surface area (Å²) in [5.74, 6) is 0.861. The molecule has 2 atom stereocenters. The number of piperidine rings is 1. The molecular weight excluding hydrogens is 292 g/mol. The highest BCUT2D eigenvalue weighted by atomic mass is 32.1. The smallest absolute Gasteiger partial charge is 0.273 e. The van der Waals surface area contributed by atoms with Crippen LogP contribution >= 0.6 is 11.3 Å². The molecule has 22 heavy (non-hydrogen) atoms. The number of hydrogen-bond acceptors (Lipinski definition) is 3. The van der Waals surface area contributed by atoms with Gasteiger partial charge in [0, 0.05) is 24.9 Å². The summed E-state index contributed by atoms with van der Waals surface area (Å²) in [5, 5.41) is 2.94. The van der Waals surface area contributed by atoms with Gasteiger partial charge in [-0.1, -0.05) is 37.3 Å². The molecule has 1 saturated carbocycles. The number of benzene rings is 1. The summed E-state index contributed by atoms with van der Waals surface area (Å²) in [6.07, 6.45) is 3.31. The van der Waals surface area contributed by atoms with E-state index in [-0.39, 0.29) is 5.91 Å². The van der Waals surface area contributed by atoms with Crippen molar-refractivity contribution in [1.82, 2.24) is 9.88 Å². The van der Waals surface area contributed by atoms with Gasteiger partial charge < -0.3 is 4.90 Å². The van der Waals surface area contributed by atoms with Gasteiger partial charge in [-0.2, -0.15) is 0 Å². The molecular formula is C18H20N2OS. The lowest BCUT2D eigenvalue weighted by molar-refractivity contribution is 0.0759.